The monoisotopic (exact) mass is 271 g/mol. The maximum absolute atomic E-state index is 9.36. The average Bonchev–Trinajstić information content (AvgIpc) is 2.48. The zero-order valence-corrected chi connectivity index (χ0v) is 11.9. The third kappa shape index (κ3) is 3.59. The molecule has 0 aliphatic heterocycles. The van der Waals surface area contributed by atoms with Gasteiger partial charge in [0, 0.05) is 12.2 Å². The van der Waals surface area contributed by atoms with Crippen molar-refractivity contribution in [3.05, 3.63) is 53.6 Å². The van der Waals surface area contributed by atoms with Crippen LogP contribution in [0.4, 0.5) is 5.69 Å². The largest absolute Gasteiger partial charge is 0.394 e. The van der Waals surface area contributed by atoms with Gasteiger partial charge in [-0.15, -0.1) is 0 Å². The molecule has 0 amide bonds. The molecular weight excluding hydrogens is 250 g/mol. The smallest absolute Gasteiger partial charge is 0.0942 e. The van der Waals surface area contributed by atoms with E-state index < -0.39 is 6.10 Å². The summed E-state index contributed by atoms with van der Waals surface area (Å²) in [5.74, 6) is 0. The van der Waals surface area contributed by atoms with Crippen LogP contribution in [0.2, 0.25) is 0 Å². The van der Waals surface area contributed by atoms with Crippen LogP contribution >= 0.6 is 0 Å². The first-order valence-corrected chi connectivity index (χ1v) is 6.80. The van der Waals surface area contributed by atoms with Crippen molar-refractivity contribution in [1.29, 1.82) is 0 Å². The van der Waals surface area contributed by atoms with Gasteiger partial charge in [-0.2, -0.15) is 0 Å². The SMILES string of the molecule is Cc1ccc(-c2cccc(NCC(O)CO)c2)cc1C. The molecule has 2 aromatic carbocycles. The van der Waals surface area contributed by atoms with Crippen LogP contribution in [0.15, 0.2) is 42.5 Å². The second-order valence-electron chi connectivity index (χ2n) is 5.10. The Labute approximate surface area is 119 Å². The van der Waals surface area contributed by atoms with Gasteiger partial charge in [0.25, 0.3) is 0 Å². The molecule has 3 heteroatoms. The number of benzene rings is 2. The molecule has 2 aromatic rings. The lowest BCUT2D eigenvalue weighted by atomic mass is 10.0. The lowest BCUT2D eigenvalue weighted by Gasteiger charge is -2.12. The molecule has 0 fully saturated rings. The number of aryl methyl sites for hydroxylation is 2. The maximum Gasteiger partial charge on any atom is 0.0942 e. The fourth-order valence-corrected chi connectivity index (χ4v) is 2.03. The molecule has 106 valence electrons. The summed E-state index contributed by atoms with van der Waals surface area (Å²) in [5.41, 5.74) is 5.81. The Morgan fingerprint density at radius 1 is 1.00 bits per heavy atom. The van der Waals surface area contributed by atoms with Gasteiger partial charge in [0.1, 0.15) is 0 Å². The third-order valence-electron chi connectivity index (χ3n) is 3.46. The summed E-state index contributed by atoms with van der Waals surface area (Å²) in [4.78, 5) is 0. The zero-order chi connectivity index (χ0) is 14.5. The van der Waals surface area contributed by atoms with Gasteiger partial charge in [0.15, 0.2) is 0 Å². The Morgan fingerprint density at radius 2 is 1.75 bits per heavy atom. The van der Waals surface area contributed by atoms with E-state index in [1.165, 1.54) is 16.7 Å². The minimum Gasteiger partial charge on any atom is -0.394 e. The van der Waals surface area contributed by atoms with Crippen molar-refractivity contribution in [2.75, 3.05) is 18.5 Å². The molecule has 1 unspecified atom stereocenters. The van der Waals surface area contributed by atoms with Crippen LogP contribution in [0.25, 0.3) is 11.1 Å². The Hall–Kier alpha value is -1.84. The predicted octanol–water partition coefficient (Wildman–Crippen LogP) is 2.74. The molecule has 0 radical (unpaired) electrons. The summed E-state index contributed by atoms with van der Waals surface area (Å²) in [6.45, 7) is 4.32. The first kappa shape index (κ1) is 14.6. The van der Waals surface area contributed by atoms with Crippen molar-refractivity contribution in [1.82, 2.24) is 0 Å². The van der Waals surface area contributed by atoms with Crippen LogP contribution < -0.4 is 5.32 Å². The molecule has 3 nitrogen and oxygen atoms in total. The van der Waals surface area contributed by atoms with Gasteiger partial charge >= 0.3 is 0 Å². The molecule has 0 saturated heterocycles. The molecule has 0 spiro atoms. The summed E-state index contributed by atoms with van der Waals surface area (Å²) < 4.78 is 0. The van der Waals surface area contributed by atoms with E-state index in [0.29, 0.717) is 6.54 Å². The Balaban J connectivity index is 2.18. The molecule has 0 heterocycles. The Morgan fingerprint density at radius 3 is 2.45 bits per heavy atom. The van der Waals surface area contributed by atoms with Crippen LogP contribution in [-0.4, -0.2) is 29.5 Å². The van der Waals surface area contributed by atoms with E-state index in [-0.39, 0.29) is 6.61 Å². The molecule has 0 saturated carbocycles. The molecule has 0 bridgehead atoms. The molecule has 20 heavy (non-hydrogen) atoms. The Bertz CT molecular complexity index is 581. The highest BCUT2D eigenvalue weighted by Crippen LogP contribution is 2.24. The fraction of sp³-hybridized carbons (Fsp3) is 0.294. The average molecular weight is 271 g/mol. The molecule has 3 N–H and O–H groups in total. The summed E-state index contributed by atoms with van der Waals surface area (Å²) in [6, 6.07) is 14.5. The number of hydrogen-bond acceptors (Lipinski definition) is 3. The molecule has 0 aliphatic rings. The number of anilines is 1. The number of rotatable bonds is 5. The van der Waals surface area contributed by atoms with Gasteiger partial charge < -0.3 is 15.5 Å². The number of aliphatic hydroxyl groups is 2. The predicted molar refractivity (Wildman–Crippen MR) is 82.9 cm³/mol. The second-order valence-corrected chi connectivity index (χ2v) is 5.10. The first-order valence-electron chi connectivity index (χ1n) is 6.80. The summed E-state index contributed by atoms with van der Waals surface area (Å²) >= 11 is 0. The van der Waals surface area contributed by atoms with Crippen molar-refractivity contribution < 1.29 is 10.2 Å². The lowest BCUT2D eigenvalue weighted by Crippen LogP contribution is -2.22. The van der Waals surface area contributed by atoms with Crippen LogP contribution in [-0.2, 0) is 0 Å². The highest BCUT2D eigenvalue weighted by molar-refractivity contribution is 5.69. The van der Waals surface area contributed by atoms with Crippen molar-refractivity contribution in [2.24, 2.45) is 0 Å². The molecule has 1 atom stereocenters. The van der Waals surface area contributed by atoms with Crippen LogP contribution in [0.3, 0.4) is 0 Å². The highest BCUT2D eigenvalue weighted by atomic mass is 16.3. The summed E-state index contributed by atoms with van der Waals surface area (Å²) in [7, 11) is 0. The zero-order valence-electron chi connectivity index (χ0n) is 11.9. The van der Waals surface area contributed by atoms with Gasteiger partial charge in [-0.25, -0.2) is 0 Å². The quantitative estimate of drug-likeness (QED) is 0.783. The summed E-state index contributed by atoms with van der Waals surface area (Å²) in [6.07, 6.45) is -0.736. The number of nitrogens with one attached hydrogen (secondary N) is 1. The van der Waals surface area contributed by atoms with Crippen molar-refractivity contribution in [3.63, 3.8) is 0 Å². The topological polar surface area (TPSA) is 52.5 Å². The van der Waals surface area contributed by atoms with Gasteiger partial charge in [-0.3, -0.25) is 0 Å². The van der Waals surface area contributed by atoms with E-state index in [1.807, 2.05) is 18.2 Å². The van der Waals surface area contributed by atoms with E-state index in [0.717, 1.165) is 11.3 Å². The minimum absolute atomic E-state index is 0.232. The molecule has 0 aliphatic carbocycles. The van der Waals surface area contributed by atoms with Crippen LogP contribution in [0, 0.1) is 13.8 Å². The Kier molecular flexibility index (Phi) is 4.77. The maximum atomic E-state index is 9.36. The van der Waals surface area contributed by atoms with E-state index in [2.05, 4.69) is 43.4 Å². The van der Waals surface area contributed by atoms with Gasteiger partial charge in [0.05, 0.1) is 12.7 Å². The third-order valence-corrected chi connectivity index (χ3v) is 3.46. The fourth-order valence-electron chi connectivity index (χ4n) is 2.03. The van der Waals surface area contributed by atoms with E-state index in [9.17, 15) is 5.11 Å². The molecule has 2 rings (SSSR count). The minimum atomic E-state index is -0.736. The highest BCUT2D eigenvalue weighted by Gasteiger charge is 2.03. The molecular formula is C17H21NO2. The summed E-state index contributed by atoms with van der Waals surface area (Å²) in [5, 5.41) is 21.3. The molecule has 0 aromatic heterocycles. The van der Waals surface area contributed by atoms with Crippen LogP contribution in [0.5, 0.6) is 0 Å². The normalized spacial score (nSPS) is 12.2. The van der Waals surface area contributed by atoms with Gasteiger partial charge in [-0.1, -0.05) is 30.3 Å². The second kappa shape index (κ2) is 6.55. The van der Waals surface area contributed by atoms with E-state index in [1.54, 1.807) is 0 Å². The number of aliphatic hydroxyl groups excluding tert-OH is 2. The van der Waals surface area contributed by atoms with Crippen molar-refractivity contribution in [2.45, 2.75) is 20.0 Å². The first-order chi connectivity index (χ1) is 9.60. The van der Waals surface area contributed by atoms with Gasteiger partial charge in [-0.05, 0) is 48.2 Å². The van der Waals surface area contributed by atoms with E-state index in [4.69, 9.17) is 5.11 Å². The lowest BCUT2D eigenvalue weighted by molar-refractivity contribution is 0.105. The van der Waals surface area contributed by atoms with Crippen molar-refractivity contribution >= 4 is 5.69 Å². The van der Waals surface area contributed by atoms with Crippen molar-refractivity contribution in [3.8, 4) is 11.1 Å². The van der Waals surface area contributed by atoms with Crippen LogP contribution in [0.1, 0.15) is 11.1 Å². The standard InChI is InChI=1S/C17H21NO2/c1-12-6-7-15(8-13(12)2)14-4-3-5-16(9-14)18-10-17(20)11-19/h3-9,17-20H,10-11H2,1-2H3. The van der Waals surface area contributed by atoms with Gasteiger partial charge in [0.2, 0.25) is 0 Å². The number of hydrogen-bond donors (Lipinski definition) is 3. The van der Waals surface area contributed by atoms with E-state index >= 15 is 0 Å².